The van der Waals surface area contributed by atoms with Crippen LogP contribution in [0.25, 0.3) is 0 Å². The topological polar surface area (TPSA) is 223 Å². The Kier molecular flexibility index (Phi) is 15.1. The van der Waals surface area contributed by atoms with Crippen LogP contribution in [0.5, 0.6) is 0 Å². The molecule has 0 unspecified atom stereocenters. The zero-order valence-corrected chi connectivity index (χ0v) is 22.6. The SMILES string of the molecule is CC[C@H](C)[C@H](NC(=O)[C@@H](N)CC(=O)O)C(=O)N[C@@H](CC(C)C)C(=O)N[C@@H](CC(C)C)C(=O)NCC(N)=O. The van der Waals surface area contributed by atoms with Gasteiger partial charge in [-0.1, -0.05) is 48.0 Å². The minimum absolute atomic E-state index is 0.0103. The molecule has 37 heavy (non-hydrogen) atoms. The fourth-order valence-electron chi connectivity index (χ4n) is 3.48. The first-order valence-electron chi connectivity index (χ1n) is 12.5. The molecule has 0 aromatic rings. The summed E-state index contributed by atoms with van der Waals surface area (Å²) in [6.07, 6.45) is 0.429. The molecule has 5 amide bonds. The smallest absolute Gasteiger partial charge is 0.305 e. The molecule has 0 aromatic carbocycles. The van der Waals surface area contributed by atoms with Crippen molar-refractivity contribution in [2.75, 3.05) is 6.54 Å². The van der Waals surface area contributed by atoms with Crippen molar-refractivity contribution in [3.8, 4) is 0 Å². The summed E-state index contributed by atoms with van der Waals surface area (Å²) in [6, 6.07) is -4.40. The van der Waals surface area contributed by atoms with Gasteiger partial charge in [0, 0.05) is 0 Å². The third-order valence-electron chi connectivity index (χ3n) is 5.64. The Labute approximate surface area is 218 Å². The number of amides is 5. The molecular weight excluding hydrogens is 484 g/mol. The maximum absolute atomic E-state index is 13.2. The molecule has 5 atom stereocenters. The minimum atomic E-state index is -1.35. The van der Waals surface area contributed by atoms with E-state index in [1.165, 1.54) is 0 Å². The number of hydrogen-bond acceptors (Lipinski definition) is 7. The van der Waals surface area contributed by atoms with Crippen LogP contribution in [0.3, 0.4) is 0 Å². The van der Waals surface area contributed by atoms with Gasteiger partial charge in [0.1, 0.15) is 18.1 Å². The van der Waals surface area contributed by atoms with E-state index in [4.69, 9.17) is 16.6 Å². The van der Waals surface area contributed by atoms with Crippen molar-refractivity contribution >= 4 is 35.5 Å². The highest BCUT2D eigenvalue weighted by Crippen LogP contribution is 2.12. The summed E-state index contributed by atoms with van der Waals surface area (Å²) in [6.45, 7) is 10.6. The van der Waals surface area contributed by atoms with Gasteiger partial charge in [-0.15, -0.1) is 0 Å². The molecule has 0 saturated heterocycles. The largest absolute Gasteiger partial charge is 0.481 e. The lowest BCUT2D eigenvalue weighted by molar-refractivity contribution is -0.140. The van der Waals surface area contributed by atoms with Gasteiger partial charge >= 0.3 is 5.97 Å². The van der Waals surface area contributed by atoms with Crippen molar-refractivity contribution < 1.29 is 33.9 Å². The summed E-state index contributed by atoms with van der Waals surface area (Å²) in [5.74, 6) is -4.92. The number of carboxylic acids is 1. The van der Waals surface area contributed by atoms with Gasteiger partial charge in [-0.3, -0.25) is 28.8 Å². The van der Waals surface area contributed by atoms with Crippen molar-refractivity contribution in [2.24, 2.45) is 29.2 Å². The van der Waals surface area contributed by atoms with Crippen LogP contribution in [-0.2, 0) is 28.8 Å². The van der Waals surface area contributed by atoms with Crippen molar-refractivity contribution in [3.63, 3.8) is 0 Å². The zero-order chi connectivity index (χ0) is 28.9. The number of hydrogen-bond donors (Lipinski definition) is 7. The zero-order valence-electron chi connectivity index (χ0n) is 22.6. The molecule has 0 fully saturated rings. The Morgan fingerprint density at radius 2 is 1.24 bits per heavy atom. The lowest BCUT2D eigenvalue weighted by Crippen LogP contribution is -2.59. The van der Waals surface area contributed by atoms with E-state index >= 15 is 0 Å². The lowest BCUT2D eigenvalue weighted by atomic mass is 9.96. The van der Waals surface area contributed by atoms with Crippen molar-refractivity contribution in [2.45, 2.75) is 91.4 Å². The van der Waals surface area contributed by atoms with E-state index in [1.54, 1.807) is 6.92 Å². The first-order valence-corrected chi connectivity index (χ1v) is 12.5. The Morgan fingerprint density at radius 1 is 0.757 bits per heavy atom. The quantitative estimate of drug-likeness (QED) is 0.123. The second-order valence-electron chi connectivity index (χ2n) is 10.1. The number of carbonyl (C=O) groups is 6. The first-order chi connectivity index (χ1) is 17.1. The fourth-order valence-corrected chi connectivity index (χ4v) is 3.48. The monoisotopic (exact) mass is 528 g/mol. The molecule has 0 rings (SSSR count). The standard InChI is InChI=1S/C24H44N6O7/c1-7-14(6)20(30-21(34)15(25)10-19(32)33)24(37)29-17(9-13(4)5)23(36)28-16(8-12(2)3)22(35)27-11-18(26)31/h12-17,20H,7-11,25H2,1-6H3,(H2,26,31)(H,27,35)(H,28,36)(H,29,37)(H,30,34)(H,32,33)/t14-,15-,16-,17-,20-/m0/s1. The molecule has 0 aliphatic heterocycles. The summed E-state index contributed by atoms with van der Waals surface area (Å²) in [7, 11) is 0. The average molecular weight is 529 g/mol. The molecule has 0 aliphatic carbocycles. The molecule has 0 aliphatic rings. The van der Waals surface area contributed by atoms with Crippen LogP contribution in [-0.4, -0.2) is 71.3 Å². The number of rotatable bonds is 17. The number of primary amides is 1. The Morgan fingerprint density at radius 3 is 1.68 bits per heavy atom. The first kappa shape index (κ1) is 33.8. The molecule has 13 heteroatoms. The van der Waals surface area contributed by atoms with E-state index in [2.05, 4.69) is 21.3 Å². The van der Waals surface area contributed by atoms with Crippen LogP contribution in [0.4, 0.5) is 0 Å². The Bertz CT molecular complexity index is 817. The van der Waals surface area contributed by atoms with Crippen molar-refractivity contribution in [1.29, 1.82) is 0 Å². The minimum Gasteiger partial charge on any atom is -0.481 e. The molecule has 0 saturated carbocycles. The molecule has 13 nitrogen and oxygen atoms in total. The lowest BCUT2D eigenvalue weighted by Gasteiger charge is -2.29. The molecule has 0 radical (unpaired) electrons. The van der Waals surface area contributed by atoms with E-state index in [-0.39, 0.29) is 37.1 Å². The third kappa shape index (κ3) is 13.6. The van der Waals surface area contributed by atoms with Gasteiger partial charge in [0.25, 0.3) is 0 Å². The maximum Gasteiger partial charge on any atom is 0.305 e. The number of aliphatic carboxylic acids is 1. The second kappa shape index (κ2) is 16.5. The Hall–Kier alpha value is -3.22. The molecule has 212 valence electrons. The predicted octanol–water partition coefficient (Wildman–Crippen LogP) is -1.02. The summed E-state index contributed by atoms with van der Waals surface area (Å²) in [5.41, 5.74) is 10.7. The number of nitrogens with one attached hydrogen (secondary N) is 4. The number of nitrogens with two attached hydrogens (primary N) is 2. The molecule has 0 spiro atoms. The Balaban J connectivity index is 5.72. The molecule has 0 bridgehead atoms. The van der Waals surface area contributed by atoms with Crippen LogP contribution in [0.1, 0.15) is 67.2 Å². The van der Waals surface area contributed by atoms with E-state index in [0.717, 1.165) is 0 Å². The maximum atomic E-state index is 13.2. The van der Waals surface area contributed by atoms with Gasteiger partial charge in [0.05, 0.1) is 19.0 Å². The molecule has 9 N–H and O–H groups in total. The van der Waals surface area contributed by atoms with E-state index in [9.17, 15) is 28.8 Å². The van der Waals surface area contributed by atoms with Crippen LogP contribution < -0.4 is 32.7 Å². The molecule has 0 aromatic heterocycles. The van der Waals surface area contributed by atoms with Gasteiger partial charge in [-0.25, -0.2) is 0 Å². The fraction of sp³-hybridized carbons (Fsp3) is 0.750. The normalized spacial score (nSPS) is 15.2. The van der Waals surface area contributed by atoms with E-state index in [1.807, 2.05) is 34.6 Å². The van der Waals surface area contributed by atoms with E-state index in [0.29, 0.717) is 6.42 Å². The van der Waals surface area contributed by atoms with Gasteiger partial charge in [0.15, 0.2) is 0 Å². The van der Waals surface area contributed by atoms with Crippen LogP contribution >= 0.6 is 0 Å². The number of carbonyl (C=O) groups excluding carboxylic acids is 5. The van der Waals surface area contributed by atoms with Gasteiger partial charge in [-0.05, 0) is 30.6 Å². The summed E-state index contributed by atoms with van der Waals surface area (Å²) in [4.78, 5) is 73.3. The molecule has 0 heterocycles. The molecular formula is C24H44N6O7. The summed E-state index contributed by atoms with van der Waals surface area (Å²) in [5, 5.41) is 19.1. The van der Waals surface area contributed by atoms with Crippen LogP contribution in [0, 0.1) is 17.8 Å². The van der Waals surface area contributed by atoms with Gasteiger partial charge in [0.2, 0.25) is 29.5 Å². The van der Waals surface area contributed by atoms with Gasteiger partial charge < -0.3 is 37.8 Å². The summed E-state index contributed by atoms with van der Waals surface area (Å²) >= 11 is 0. The van der Waals surface area contributed by atoms with E-state index < -0.39 is 66.1 Å². The highest BCUT2D eigenvalue weighted by Gasteiger charge is 2.33. The van der Waals surface area contributed by atoms with Crippen molar-refractivity contribution in [3.05, 3.63) is 0 Å². The van der Waals surface area contributed by atoms with Gasteiger partial charge in [-0.2, -0.15) is 0 Å². The predicted molar refractivity (Wildman–Crippen MR) is 137 cm³/mol. The second-order valence-corrected chi connectivity index (χ2v) is 10.1. The highest BCUT2D eigenvalue weighted by molar-refractivity contribution is 5.95. The third-order valence-corrected chi connectivity index (χ3v) is 5.64. The van der Waals surface area contributed by atoms with Crippen LogP contribution in [0.2, 0.25) is 0 Å². The van der Waals surface area contributed by atoms with Crippen LogP contribution in [0.15, 0.2) is 0 Å². The average Bonchev–Trinajstić information content (AvgIpc) is 2.77. The number of carboxylic acid groups (broad SMARTS) is 1. The summed E-state index contributed by atoms with van der Waals surface area (Å²) < 4.78 is 0. The van der Waals surface area contributed by atoms with Crippen molar-refractivity contribution in [1.82, 2.24) is 21.3 Å². The highest BCUT2D eigenvalue weighted by atomic mass is 16.4.